The molecule has 3 heterocycles. The number of carbonyl (C=O) groups is 1. The van der Waals surface area contributed by atoms with Gasteiger partial charge >= 0.3 is 6.18 Å². The number of fused-ring (bicyclic) bond motifs is 2. The first-order valence-corrected chi connectivity index (χ1v) is 10.9. The lowest BCUT2D eigenvalue weighted by molar-refractivity contribution is -0.142. The number of carbonyl (C=O) groups excluding carboxylic acids is 1. The fourth-order valence-electron chi connectivity index (χ4n) is 3.43. The fourth-order valence-corrected chi connectivity index (χ4v) is 3.98. The minimum Gasteiger partial charge on any atom is -0.454 e. The minimum absolute atomic E-state index is 0.0415. The van der Waals surface area contributed by atoms with Crippen molar-refractivity contribution in [1.29, 1.82) is 0 Å². The highest BCUT2D eigenvalue weighted by Crippen LogP contribution is 2.37. The zero-order valence-corrected chi connectivity index (χ0v) is 17.8. The number of para-hydroxylation sites is 1. The highest BCUT2D eigenvalue weighted by Gasteiger charge is 2.36. The molecule has 4 aromatic rings. The third kappa shape index (κ3) is 3.95. The molecule has 5 rings (SSSR count). The number of hydrogen-bond acceptors (Lipinski definition) is 6. The Morgan fingerprint density at radius 2 is 1.88 bits per heavy atom. The van der Waals surface area contributed by atoms with Gasteiger partial charge in [0.25, 0.3) is 5.91 Å². The first kappa shape index (κ1) is 21.1. The van der Waals surface area contributed by atoms with Gasteiger partial charge in [-0.25, -0.2) is 9.50 Å². The van der Waals surface area contributed by atoms with Gasteiger partial charge in [0, 0.05) is 16.5 Å². The van der Waals surface area contributed by atoms with Crippen LogP contribution in [0.4, 0.5) is 18.9 Å². The molecule has 1 aliphatic rings. The van der Waals surface area contributed by atoms with Crippen molar-refractivity contribution in [3.63, 3.8) is 0 Å². The number of aromatic nitrogens is 3. The van der Waals surface area contributed by atoms with Crippen molar-refractivity contribution in [3.05, 3.63) is 66.0 Å². The summed E-state index contributed by atoms with van der Waals surface area (Å²) >= 11 is 1.43. The second-order valence-corrected chi connectivity index (χ2v) is 7.89. The Labute approximate surface area is 189 Å². The molecular formula is C22H15F3N4O3S. The lowest BCUT2D eigenvalue weighted by Crippen LogP contribution is -2.16. The number of alkyl halides is 3. The fraction of sp³-hybridized carbons (Fsp3) is 0.136. The van der Waals surface area contributed by atoms with Crippen LogP contribution in [0.15, 0.2) is 59.5 Å². The van der Waals surface area contributed by atoms with Crippen LogP contribution in [-0.2, 0) is 6.18 Å². The van der Waals surface area contributed by atoms with Gasteiger partial charge in [0.15, 0.2) is 28.5 Å². The van der Waals surface area contributed by atoms with Crippen LogP contribution in [0.25, 0.3) is 16.9 Å². The van der Waals surface area contributed by atoms with Crippen molar-refractivity contribution in [1.82, 2.24) is 14.6 Å². The molecule has 2 aromatic carbocycles. The number of nitrogens with zero attached hydrogens (tertiary/aromatic N) is 3. The molecule has 0 spiro atoms. The predicted octanol–water partition coefficient (Wildman–Crippen LogP) is 5.12. The van der Waals surface area contributed by atoms with Gasteiger partial charge in [-0.1, -0.05) is 12.1 Å². The van der Waals surface area contributed by atoms with Gasteiger partial charge in [-0.05, 0) is 42.7 Å². The summed E-state index contributed by atoms with van der Waals surface area (Å²) < 4.78 is 52.8. The van der Waals surface area contributed by atoms with Crippen molar-refractivity contribution in [2.75, 3.05) is 18.4 Å². The van der Waals surface area contributed by atoms with Crippen molar-refractivity contribution in [2.45, 2.75) is 11.1 Å². The number of benzene rings is 2. The number of rotatable bonds is 4. The number of halogens is 3. The number of thioether (sulfide) groups is 1. The molecule has 1 N–H and O–H groups in total. The van der Waals surface area contributed by atoms with E-state index < -0.39 is 17.8 Å². The van der Waals surface area contributed by atoms with Crippen LogP contribution in [0.3, 0.4) is 0 Å². The highest BCUT2D eigenvalue weighted by atomic mass is 32.2. The first-order valence-electron chi connectivity index (χ1n) is 9.66. The van der Waals surface area contributed by atoms with E-state index >= 15 is 0 Å². The van der Waals surface area contributed by atoms with E-state index in [2.05, 4.69) is 15.4 Å². The molecular weight excluding hydrogens is 457 g/mol. The Bertz CT molecular complexity index is 1390. The van der Waals surface area contributed by atoms with E-state index in [1.54, 1.807) is 30.3 Å². The molecule has 0 atom stereocenters. The maximum absolute atomic E-state index is 13.9. The second-order valence-electron chi connectivity index (χ2n) is 7.05. The van der Waals surface area contributed by atoms with Crippen molar-refractivity contribution >= 4 is 29.0 Å². The van der Waals surface area contributed by atoms with E-state index in [4.69, 9.17) is 9.47 Å². The quantitative estimate of drug-likeness (QED) is 0.416. The Kier molecular flexibility index (Phi) is 5.12. The van der Waals surface area contributed by atoms with Gasteiger partial charge in [0.2, 0.25) is 6.79 Å². The van der Waals surface area contributed by atoms with Crippen LogP contribution in [0.1, 0.15) is 16.2 Å². The summed E-state index contributed by atoms with van der Waals surface area (Å²) in [4.78, 5) is 17.9. The van der Waals surface area contributed by atoms with Crippen LogP contribution in [0.2, 0.25) is 0 Å². The average Bonchev–Trinajstić information content (AvgIpc) is 3.44. The van der Waals surface area contributed by atoms with Crippen molar-refractivity contribution in [3.8, 4) is 22.8 Å². The molecule has 2 aromatic heterocycles. The molecule has 1 aliphatic heterocycles. The number of ether oxygens (including phenoxy) is 2. The Morgan fingerprint density at radius 1 is 1.09 bits per heavy atom. The molecule has 0 fully saturated rings. The molecule has 11 heteroatoms. The second kappa shape index (κ2) is 8.00. The van der Waals surface area contributed by atoms with E-state index in [0.717, 1.165) is 11.0 Å². The number of nitrogens with one attached hydrogen (secondary N) is 1. The Balaban J connectivity index is 1.57. The summed E-state index contributed by atoms with van der Waals surface area (Å²) in [5, 5.41) is 6.59. The van der Waals surface area contributed by atoms with Crippen molar-refractivity contribution in [2.24, 2.45) is 0 Å². The van der Waals surface area contributed by atoms with Gasteiger partial charge in [0.1, 0.15) is 0 Å². The van der Waals surface area contributed by atoms with E-state index in [9.17, 15) is 18.0 Å². The summed E-state index contributed by atoms with van der Waals surface area (Å²) in [7, 11) is 0. The van der Waals surface area contributed by atoms with E-state index in [1.165, 1.54) is 17.8 Å². The average molecular weight is 472 g/mol. The maximum Gasteiger partial charge on any atom is 0.433 e. The maximum atomic E-state index is 13.9. The highest BCUT2D eigenvalue weighted by molar-refractivity contribution is 7.98. The number of hydrogen-bond donors (Lipinski definition) is 1. The van der Waals surface area contributed by atoms with Crippen LogP contribution in [0.5, 0.6) is 11.5 Å². The molecule has 0 radical (unpaired) electrons. The summed E-state index contributed by atoms with van der Waals surface area (Å²) in [5.41, 5.74) is -0.338. The molecule has 1 amide bonds. The molecule has 0 aliphatic carbocycles. The third-order valence-corrected chi connectivity index (χ3v) is 5.77. The summed E-state index contributed by atoms with van der Waals surface area (Å²) in [5.74, 6) is 0.285. The van der Waals surface area contributed by atoms with E-state index in [-0.39, 0.29) is 23.8 Å². The SMILES string of the molecule is CSc1ccccc1NC(=O)c1cc2nc(-c3ccc4c(c3)OCO4)cc(C(F)(F)F)n2n1. The van der Waals surface area contributed by atoms with Gasteiger partial charge in [0.05, 0.1) is 11.4 Å². The molecule has 168 valence electrons. The van der Waals surface area contributed by atoms with Crippen LogP contribution >= 0.6 is 11.8 Å². The molecule has 0 saturated carbocycles. The van der Waals surface area contributed by atoms with Gasteiger partial charge in [-0.3, -0.25) is 4.79 Å². The largest absolute Gasteiger partial charge is 0.454 e. The summed E-state index contributed by atoms with van der Waals surface area (Å²) in [6, 6.07) is 14.0. The zero-order valence-electron chi connectivity index (χ0n) is 17.0. The topological polar surface area (TPSA) is 77.8 Å². The molecule has 0 saturated heterocycles. The van der Waals surface area contributed by atoms with Crippen LogP contribution in [0, 0.1) is 0 Å². The Morgan fingerprint density at radius 3 is 2.67 bits per heavy atom. The van der Waals surface area contributed by atoms with Gasteiger partial charge in [-0.2, -0.15) is 18.3 Å². The molecule has 0 unspecified atom stereocenters. The smallest absolute Gasteiger partial charge is 0.433 e. The monoisotopic (exact) mass is 472 g/mol. The molecule has 33 heavy (non-hydrogen) atoms. The van der Waals surface area contributed by atoms with E-state index in [0.29, 0.717) is 27.3 Å². The predicted molar refractivity (Wildman–Crippen MR) is 116 cm³/mol. The summed E-state index contributed by atoms with van der Waals surface area (Å²) in [6.45, 7) is 0.0415. The molecule has 7 nitrogen and oxygen atoms in total. The standard InChI is InChI=1S/C22H15F3N4O3S/c1-33-18-5-3-2-4-13(18)27-21(30)15-10-20-26-14(9-19(22(23,24)25)29(20)28-15)12-6-7-16-17(8-12)32-11-31-16/h2-10H,11H2,1H3,(H,27,30). The third-order valence-electron chi connectivity index (χ3n) is 4.97. The number of anilines is 1. The summed E-state index contributed by atoms with van der Waals surface area (Å²) in [6.07, 6.45) is -2.87. The normalized spacial score (nSPS) is 12.8. The number of amides is 1. The lowest BCUT2D eigenvalue weighted by atomic mass is 10.1. The lowest BCUT2D eigenvalue weighted by Gasteiger charge is -2.11. The minimum atomic E-state index is -4.72. The zero-order chi connectivity index (χ0) is 23.2. The van der Waals surface area contributed by atoms with Crippen LogP contribution in [-0.4, -0.2) is 33.6 Å². The van der Waals surface area contributed by atoms with Gasteiger partial charge in [-0.15, -0.1) is 11.8 Å². The van der Waals surface area contributed by atoms with E-state index in [1.807, 2.05) is 18.4 Å². The Hall–Kier alpha value is -3.73. The van der Waals surface area contributed by atoms with Crippen molar-refractivity contribution < 1.29 is 27.4 Å². The first-order chi connectivity index (χ1) is 15.8. The molecule has 0 bridgehead atoms. The van der Waals surface area contributed by atoms with Crippen LogP contribution < -0.4 is 14.8 Å². The van der Waals surface area contributed by atoms with Gasteiger partial charge < -0.3 is 14.8 Å².